The standard InChI is InChI=1S/C18H29NO3S/c1-14(19-13-15-9-11-23(20,21)12-10-15)16-5-7-17(8-6-16)22-18(2,3)4/h5-8,14-15,19H,9-13H2,1-4H3/t14-/m0/s1. The van der Waals surface area contributed by atoms with Crippen molar-refractivity contribution in [2.75, 3.05) is 18.1 Å². The summed E-state index contributed by atoms with van der Waals surface area (Å²) in [7, 11) is -2.77. The maximum atomic E-state index is 11.5. The molecule has 4 nitrogen and oxygen atoms in total. The first kappa shape index (κ1) is 18.3. The summed E-state index contributed by atoms with van der Waals surface area (Å²) in [5.41, 5.74) is 1.03. The van der Waals surface area contributed by atoms with Crippen molar-refractivity contribution in [1.82, 2.24) is 5.32 Å². The summed E-state index contributed by atoms with van der Waals surface area (Å²) in [6.07, 6.45) is 1.56. The van der Waals surface area contributed by atoms with Crippen molar-refractivity contribution in [1.29, 1.82) is 0 Å². The minimum absolute atomic E-state index is 0.188. The van der Waals surface area contributed by atoms with Crippen LogP contribution in [0.15, 0.2) is 24.3 Å². The molecule has 0 bridgehead atoms. The maximum absolute atomic E-state index is 11.5. The van der Waals surface area contributed by atoms with E-state index in [-0.39, 0.29) is 11.6 Å². The van der Waals surface area contributed by atoms with Crippen LogP contribution >= 0.6 is 0 Å². The highest BCUT2D eigenvalue weighted by Crippen LogP contribution is 2.23. The summed E-state index contributed by atoms with van der Waals surface area (Å²) in [4.78, 5) is 0. The highest BCUT2D eigenvalue weighted by molar-refractivity contribution is 7.91. The fraction of sp³-hybridized carbons (Fsp3) is 0.667. The molecule has 0 spiro atoms. The molecule has 5 heteroatoms. The predicted molar refractivity (Wildman–Crippen MR) is 94.6 cm³/mol. The van der Waals surface area contributed by atoms with Crippen molar-refractivity contribution >= 4 is 9.84 Å². The monoisotopic (exact) mass is 339 g/mol. The van der Waals surface area contributed by atoms with E-state index < -0.39 is 9.84 Å². The molecule has 130 valence electrons. The summed E-state index contributed by atoms with van der Waals surface area (Å²) in [5, 5.41) is 3.53. The molecule has 1 aromatic rings. The van der Waals surface area contributed by atoms with Gasteiger partial charge in [0.15, 0.2) is 0 Å². The van der Waals surface area contributed by atoms with E-state index in [0.717, 1.165) is 25.1 Å². The van der Waals surface area contributed by atoms with Gasteiger partial charge < -0.3 is 10.1 Å². The number of sulfone groups is 1. The third-order valence-corrected chi connectivity index (χ3v) is 5.91. The molecule has 0 aromatic heterocycles. The van der Waals surface area contributed by atoms with E-state index in [0.29, 0.717) is 17.4 Å². The predicted octanol–water partition coefficient (Wildman–Crippen LogP) is 3.34. The molecular formula is C18H29NO3S. The molecule has 1 aliphatic heterocycles. The van der Waals surface area contributed by atoms with Crippen molar-refractivity contribution in [2.45, 2.75) is 52.2 Å². The molecule has 1 aromatic carbocycles. The van der Waals surface area contributed by atoms with Crippen LogP contribution in [0.2, 0.25) is 0 Å². The number of ether oxygens (including phenoxy) is 1. The van der Waals surface area contributed by atoms with Crippen LogP contribution in [0.3, 0.4) is 0 Å². The average Bonchev–Trinajstić information content (AvgIpc) is 2.45. The Morgan fingerprint density at radius 3 is 2.26 bits per heavy atom. The Bertz CT molecular complexity index is 588. The van der Waals surface area contributed by atoms with Gasteiger partial charge in [0.1, 0.15) is 21.2 Å². The molecule has 1 atom stereocenters. The third kappa shape index (κ3) is 6.15. The normalized spacial score (nSPS) is 20.2. The van der Waals surface area contributed by atoms with Crippen molar-refractivity contribution in [3.8, 4) is 5.75 Å². The molecule has 1 fully saturated rings. The fourth-order valence-electron chi connectivity index (χ4n) is 2.78. The molecule has 1 saturated heterocycles. The second-order valence-electron chi connectivity index (χ2n) is 7.51. The summed E-state index contributed by atoms with van der Waals surface area (Å²) >= 11 is 0. The van der Waals surface area contributed by atoms with E-state index in [4.69, 9.17) is 4.74 Å². The van der Waals surface area contributed by atoms with Crippen LogP contribution in [-0.4, -0.2) is 32.1 Å². The van der Waals surface area contributed by atoms with Gasteiger partial charge >= 0.3 is 0 Å². The summed E-state index contributed by atoms with van der Waals surface area (Å²) in [5.74, 6) is 2.02. The van der Waals surface area contributed by atoms with Gasteiger partial charge in [0, 0.05) is 6.04 Å². The van der Waals surface area contributed by atoms with Crippen molar-refractivity contribution in [3.05, 3.63) is 29.8 Å². The lowest BCUT2D eigenvalue weighted by molar-refractivity contribution is 0.131. The third-order valence-electron chi connectivity index (χ3n) is 4.19. The first-order chi connectivity index (χ1) is 10.6. The Morgan fingerprint density at radius 1 is 1.17 bits per heavy atom. The lowest BCUT2D eigenvalue weighted by atomic mass is 10.0. The Morgan fingerprint density at radius 2 is 1.74 bits per heavy atom. The van der Waals surface area contributed by atoms with Crippen LogP contribution < -0.4 is 10.1 Å². The summed E-state index contributed by atoms with van der Waals surface area (Å²) < 4.78 is 28.7. The zero-order valence-corrected chi connectivity index (χ0v) is 15.4. The average molecular weight is 340 g/mol. The fourth-order valence-corrected chi connectivity index (χ4v) is 4.37. The number of hydrogen-bond acceptors (Lipinski definition) is 4. The molecule has 0 unspecified atom stereocenters. The largest absolute Gasteiger partial charge is 0.488 e. The molecule has 1 heterocycles. The van der Waals surface area contributed by atoms with Crippen LogP contribution in [0.4, 0.5) is 0 Å². The van der Waals surface area contributed by atoms with E-state index in [9.17, 15) is 8.42 Å². The minimum Gasteiger partial charge on any atom is -0.488 e. The van der Waals surface area contributed by atoms with Crippen LogP contribution in [0, 0.1) is 5.92 Å². The minimum atomic E-state index is -2.77. The molecule has 0 saturated carbocycles. The molecule has 0 aliphatic carbocycles. The second-order valence-corrected chi connectivity index (χ2v) is 9.81. The molecule has 2 rings (SSSR count). The van der Waals surface area contributed by atoms with Crippen molar-refractivity contribution < 1.29 is 13.2 Å². The van der Waals surface area contributed by atoms with Crippen molar-refractivity contribution in [3.63, 3.8) is 0 Å². The van der Waals surface area contributed by atoms with E-state index in [2.05, 4.69) is 24.4 Å². The van der Waals surface area contributed by atoms with Gasteiger partial charge in [0.2, 0.25) is 0 Å². The lowest BCUT2D eigenvalue weighted by Crippen LogP contribution is -2.32. The summed E-state index contributed by atoms with van der Waals surface area (Å²) in [6, 6.07) is 8.43. The van der Waals surface area contributed by atoms with Gasteiger partial charge in [0.05, 0.1) is 11.5 Å². The van der Waals surface area contributed by atoms with Gasteiger partial charge in [-0.1, -0.05) is 12.1 Å². The number of rotatable bonds is 5. The zero-order chi connectivity index (χ0) is 17.1. The van der Waals surface area contributed by atoms with E-state index in [1.54, 1.807) is 0 Å². The molecule has 23 heavy (non-hydrogen) atoms. The van der Waals surface area contributed by atoms with Crippen LogP contribution in [0.5, 0.6) is 5.75 Å². The topological polar surface area (TPSA) is 55.4 Å². The van der Waals surface area contributed by atoms with Crippen molar-refractivity contribution in [2.24, 2.45) is 5.92 Å². The first-order valence-electron chi connectivity index (χ1n) is 8.37. The van der Waals surface area contributed by atoms with Crippen LogP contribution in [0.25, 0.3) is 0 Å². The summed E-state index contributed by atoms with van der Waals surface area (Å²) in [6.45, 7) is 9.12. The molecule has 1 aliphatic rings. The Hall–Kier alpha value is -1.07. The zero-order valence-electron chi connectivity index (χ0n) is 14.6. The molecule has 0 radical (unpaired) electrons. The van der Waals surface area contributed by atoms with Crippen LogP contribution in [-0.2, 0) is 9.84 Å². The Balaban J connectivity index is 1.83. The van der Waals surface area contributed by atoms with Gasteiger partial charge in [-0.3, -0.25) is 0 Å². The highest BCUT2D eigenvalue weighted by Gasteiger charge is 2.23. The van der Waals surface area contributed by atoms with Gasteiger partial charge in [-0.2, -0.15) is 0 Å². The Labute approximate surface area is 140 Å². The van der Waals surface area contributed by atoms with Gasteiger partial charge in [-0.25, -0.2) is 8.42 Å². The first-order valence-corrected chi connectivity index (χ1v) is 10.2. The van der Waals surface area contributed by atoms with Crippen LogP contribution in [0.1, 0.15) is 52.1 Å². The Kier molecular flexibility index (Phi) is 5.74. The quantitative estimate of drug-likeness (QED) is 0.894. The molecular weight excluding hydrogens is 310 g/mol. The number of hydrogen-bond donors (Lipinski definition) is 1. The van der Waals surface area contributed by atoms with E-state index in [1.807, 2.05) is 32.9 Å². The SMILES string of the molecule is C[C@H](NCC1CCS(=O)(=O)CC1)c1ccc(OC(C)(C)C)cc1. The lowest BCUT2D eigenvalue weighted by Gasteiger charge is -2.25. The maximum Gasteiger partial charge on any atom is 0.150 e. The van der Waals surface area contributed by atoms with E-state index in [1.165, 1.54) is 5.56 Å². The van der Waals surface area contributed by atoms with Gasteiger partial charge in [-0.15, -0.1) is 0 Å². The van der Waals surface area contributed by atoms with Gasteiger partial charge in [0.25, 0.3) is 0 Å². The number of benzene rings is 1. The van der Waals surface area contributed by atoms with Gasteiger partial charge in [-0.05, 0) is 70.7 Å². The smallest absolute Gasteiger partial charge is 0.150 e. The van der Waals surface area contributed by atoms with E-state index >= 15 is 0 Å². The highest BCUT2D eigenvalue weighted by atomic mass is 32.2. The molecule has 0 amide bonds. The number of nitrogens with one attached hydrogen (secondary N) is 1. The second kappa shape index (κ2) is 7.22. The molecule has 1 N–H and O–H groups in total.